The van der Waals surface area contributed by atoms with E-state index < -0.39 is 0 Å². The van der Waals surface area contributed by atoms with E-state index in [4.69, 9.17) is 0 Å². The zero-order valence-electron chi connectivity index (χ0n) is 16.4. The molecule has 2 unspecified atom stereocenters. The number of nitrogens with zero attached hydrogens (tertiary/aromatic N) is 5. The fourth-order valence-corrected chi connectivity index (χ4v) is 5.34. The minimum atomic E-state index is -0.232. The molecule has 0 radical (unpaired) electrons. The molecule has 1 amide bonds. The second-order valence-corrected chi connectivity index (χ2v) is 8.15. The molecule has 3 aromatic rings. The minimum Gasteiger partial charge on any atom is -0.338 e. The molecule has 2 atom stereocenters. The molecule has 3 heterocycles. The molecule has 7 nitrogen and oxygen atoms in total. The van der Waals surface area contributed by atoms with Gasteiger partial charge in [0.1, 0.15) is 6.54 Å². The number of fused-ring (bicyclic) bond motifs is 4. The maximum atomic E-state index is 13.1. The number of carbonyl (C=O) groups excluding carboxylic acids is 1. The summed E-state index contributed by atoms with van der Waals surface area (Å²) in [6, 6.07) is 8.18. The van der Waals surface area contributed by atoms with Gasteiger partial charge in [-0.1, -0.05) is 25.0 Å². The number of hydrogen-bond acceptors (Lipinski definition) is 3. The fraction of sp³-hybridized carbons (Fsp3) is 0.571. The lowest BCUT2D eigenvalue weighted by Crippen LogP contribution is -2.51. The van der Waals surface area contributed by atoms with E-state index in [1.807, 2.05) is 40.7 Å². The number of rotatable bonds is 3. The van der Waals surface area contributed by atoms with Crippen molar-refractivity contribution in [3.05, 3.63) is 34.7 Å². The highest BCUT2D eigenvalue weighted by Crippen LogP contribution is 2.35. The largest absolute Gasteiger partial charge is 0.352 e. The number of piperidine rings is 1. The summed E-state index contributed by atoms with van der Waals surface area (Å²) in [4.78, 5) is 28.2. The monoisotopic (exact) mass is 381 g/mol. The summed E-state index contributed by atoms with van der Waals surface area (Å²) in [5.74, 6) is 1.28. The van der Waals surface area contributed by atoms with Gasteiger partial charge in [-0.2, -0.15) is 0 Å². The summed E-state index contributed by atoms with van der Waals surface area (Å²) in [5.41, 5.74) is 1.60. The van der Waals surface area contributed by atoms with Gasteiger partial charge in [0, 0.05) is 19.1 Å². The average Bonchev–Trinajstić information content (AvgIpc) is 3.21. The molecule has 1 saturated heterocycles. The summed E-state index contributed by atoms with van der Waals surface area (Å²) in [6.45, 7) is 3.60. The summed E-state index contributed by atoms with van der Waals surface area (Å²) < 4.78 is 5.00. The number of amides is 1. The van der Waals surface area contributed by atoms with Crippen molar-refractivity contribution in [1.82, 2.24) is 23.6 Å². The molecule has 2 fully saturated rings. The van der Waals surface area contributed by atoms with E-state index in [0.29, 0.717) is 17.7 Å². The average molecular weight is 381 g/mol. The zero-order valence-corrected chi connectivity index (χ0v) is 16.4. The van der Waals surface area contributed by atoms with Gasteiger partial charge in [-0.15, -0.1) is 5.10 Å². The summed E-state index contributed by atoms with van der Waals surface area (Å²) in [7, 11) is 0. The Labute approximate surface area is 163 Å². The van der Waals surface area contributed by atoms with Crippen molar-refractivity contribution in [2.75, 3.05) is 6.54 Å². The molecule has 2 aromatic heterocycles. The predicted molar refractivity (Wildman–Crippen MR) is 107 cm³/mol. The van der Waals surface area contributed by atoms with Crippen molar-refractivity contribution in [2.45, 2.75) is 64.6 Å². The number of aryl methyl sites for hydroxylation is 1. The SMILES string of the molecule is CCn1c2ccccc2n2c(=O)n(CC(=O)N3CCCC4CCCCC43)nc12. The maximum absolute atomic E-state index is 13.1. The minimum absolute atomic E-state index is 0.0295. The Bertz CT molecular complexity index is 1090. The Morgan fingerprint density at radius 1 is 1.11 bits per heavy atom. The van der Waals surface area contributed by atoms with Gasteiger partial charge in [0.05, 0.1) is 11.0 Å². The van der Waals surface area contributed by atoms with Crippen molar-refractivity contribution in [3.8, 4) is 0 Å². The van der Waals surface area contributed by atoms with Crippen LogP contribution in [0.1, 0.15) is 45.4 Å². The Morgan fingerprint density at radius 2 is 1.86 bits per heavy atom. The summed E-state index contributed by atoms with van der Waals surface area (Å²) >= 11 is 0. The number of likely N-dealkylation sites (tertiary alicyclic amines) is 1. The van der Waals surface area contributed by atoms with E-state index in [9.17, 15) is 9.59 Å². The van der Waals surface area contributed by atoms with E-state index in [-0.39, 0.29) is 18.1 Å². The van der Waals surface area contributed by atoms with Crippen molar-refractivity contribution in [3.63, 3.8) is 0 Å². The molecule has 1 aromatic carbocycles. The Hall–Kier alpha value is -2.57. The van der Waals surface area contributed by atoms with Gasteiger partial charge in [0.2, 0.25) is 11.7 Å². The van der Waals surface area contributed by atoms with E-state index >= 15 is 0 Å². The van der Waals surface area contributed by atoms with Crippen LogP contribution in [0.15, 0.2) is 29.1 Å². The molecule has 0 N–H and O–H groups in total. The third kappa shape index (κ3) is 2.59. The second-order valence-electron chi connectivity index (χ2n) is 8.15. The van der Waals surface area contributed by atoms with E-state index in [1.54, 1.807) is 4.40 Å². The van der Waals surface area contributed by atoms with Gasteiger partial charge in [-0.05, 0) is 50.7 Å². The smallest absolute Gasteiger partial charge is 0.338 e. The highest BCUT2D eigenvalue weighted by molar-refractivity contribution is 5.81. The first-order valence-corrected chi connectivity index (χ1v) is 10.6. The second kappa shape index (κ2) is 6.79. The van der Waals surface area contributed by atoms with Crippen LogP contribution in [0.3, 0.4) is 0 Å². The van der Waals surface area contributed by atoms with Crippen LogP contribution in [0.25, 0.3) is 16.8 Å². The molecule has 0 bridgehead atoms. The van der Waals surface area contributed by atoms with E-state index in [1.165, 1.54) is 30.4 Å². The number of benzene rings is 1. The molecule has 7 heteroatoms. The molecule has 5 rings (SSSR count). The lowest BCUT2D eigenvalue weighted by atomic mass is 9.78. The molecular weight excluding hydrogens is 354 g/mol. The summed E-state index contributed by atoms with van der Waals surface area (Å²) in [6.07, 6.45) is 7.11. The molecule has 1 aliphatic heterocycles. The van der Waals surface area contributed by atoms with Crippen LogP contribution in [0.4, 0.5) is 0 Å². The van der Waals surface area contributed by atoms with Gasteiger partial charge in [0.15, 0.2) is 0 Å². The fourth-order valence-electron chi connectivity index (χ4n) is 5.34. The molecule has 0 spiro atoms. The Morgan fingerprint density at radius 3 is 2.68 bits per heavy atom. The van der Waals surface area contributed by atoms with E-state index in [2.05, 4.69) is 5.10 Å². The van der Waals surface area contributed by atoms with Crippen LogP contribution < -0.4 is 5.69 Å². The van der Waals surface area contributed by atoms with Crippen LogP contribution in [0.2, 0.25) is 0 Å². The van der Waals surface area contributed by atoms with Gasteiger partial charge in [-0.25, -0.2) is 13.9 Å². The number of imidazole rings is 1. The molecular formula is C21H27N5O2. The maximum Gasteiger partial charge on any atom is 0.352 e. The lowest BCUT2D eigenvalue weighted by molar-refractivity contribution is -0.138. The Kier molecular flexibility index (Phi) is 4.25. The quantitative estimate of drug-likeness (QED) is 0.701. The third-order valence-electron chi connectivity index (χ3n) is 6.64. The zero-order chi connectivity index (χ0) is 19.3. The van der Waals surface area contributed by atoms with Crippen molar-refractivity contribution in [2.24, 2.45) is 5.92 Å². The number of hydrogen-bond donors (Lipinski definition) is 0. The number of para-hydroxylation sites is 2. The van der Waals surface area contributed by atoms with Crippen LogP contribution in [-0.2, 0) is 17.9 Å². The standard InChI is InChI=1S/C21H27N5O2/c1-2-23-17-11-5-6-12-18(17)26-20(23)22-25(21(26)28)14-19(27)24-13-7-9-15-8-3-4-10-16(15)24/h5-6,11-12,15-16H,2-4,7-10,13-14H2,1H3. The van der Waals surface area contributed by atoms with Gasteiger partial charge in [0.25, 0.3) is 0 Å². The Balaban J connectivity index is 1.49. The first-order chi connectivity index (χ1) is 13.7. The third-order valence-corrected chi connectivity index (χ3v) is 6.64. The van der Waals surface area contributed by atoms with Crippen LogP contribution >= 0.6 is 0 Å². The van der Waals surface area contributed by atoms with Crippen LogP contribution in [0.5, 0.6) is 0 Å². The number of carbonyl (C=O) groups is 1. The van der Waals surface area contributed by atoms with Crippen LogP contribution in [0, 0.1) is 5.92 Å². The first-order valence-electron chi connectivity index (χ1n) is 10.6. The van der Waals surface area contributed by atoms with Gasteiger partial charge in [-0.3, -0.25) is 4.79 Å². The van der Waals surface area contributed by atoms with Crippen molar-refractivity contribution < 1.29 is 4.79 Å². The van der Waals surface area contributed by atoms with Crippen LogP contribution in [-0.4, -0.2) is 42.1 Å². The summed E-state index contributed by atoms with van der Waals surface area (Å²) in [5, 5.41) is 4.54. The first kappa shape index (κ1) is 17.5. The van der Waals surface area contributed by atoms with Gasteiger partial charge >= 0.3 is 5.69 Å². The molecule has 1 saturated carbocycles. The van der Waals surface area contributed by atoms with Gasteiger partial charge < -0.3 is 9.47 Å². The highest BCUT2D eigenvalue weighted by Gasteiger charge is 2.36. The normalized spacial score (nSPS) is 22.7. The highest BCUT2D eigenvalue weighted by atomic mass is 16.2. The molecule has 2 aliphatic rings. The van der Waals surface area contributed by atoms with Crippen molar-refractivity contribution >= 4 is 22.7 Å². The molecule has 148 valence electrons. The molecule has 28 heavy (non-hydrogen) atoms. The predicted octanol–water partition coefficient (Wildman–Crippen LogP) is 2.65. The number of aromatic nitrogens is 4. The topological polar surface area (TPSA) is 64.5 Å². The van der Waals surface area contributed by atoms with E-state index in [0.717, 1.165) is 37.0 Å². The molecule has 1 aliphatic carbocycles. The van der Waals surface area contributed by atoms with Crippen molar-refractivity contribution in [1.29, 1.82) is 0 Å². The lowest BCUT2D eigenvalue weighted by Gasteiger charge is -2.44.